The number of aryl methyl sites for hydroxylation is 2. The van der Waals surface area contributed by atoms with Gasteiger partial charge >= 0.3 is 0 Å². The third-order valence-electron chi connectivity index (χ3n) is 6.64. The van der Waals surface area contributed by atoms with Gasteiger partial charge < -0.3 is 5.32 Å². The number of nitrogens with one attached hydrogen (secondary N) is 1. The maximum Gasteiger partial charge on any atom is 0.243 e. The molecule has 2 aromatic rings. The average Bonchev–Trinajstić information content (AvgIpc) is 2.82. The molecule has 31 heavy (non-hydrogen) atoms. The van der Waals surface area contributed by atoms with Crippen molar-refractivity contribution in [2.45, 2.75) is 62.8 Å². The molecular weight excluding hydrogens is 408 g/mol. The Morgan fingerprint density at radius 1 is 1.06 bits per heavy atom. The lowest BCUT2D eigenvalue weighted by Gasteiger charge is -2.32. The topological polar surface area (TPSA) is 66.5 Å². The van der Waals surface area contributed by atoms with Crippen molar-refractivity contribution >= 4 is 15.9 Å². The molecule has 1 amide bonds. The van der Waals surface area contributed by atoms with Gasteiger partial charge in [0.2, 0.25) is 15.9 Å². The smallest absolute Gasteiger partial charge is 0.243 e. The molecule has 166 valence electrons. The van der Waals surface area contributed by atoms with E-state index in [0.717, 1.165) is 24.8 Å². The predicted octanol–water partition coefficient (Wildman–Crippen LogP) is 4.23. The molecule has 0 radical (unpaired) electrons. The van der Waals surface area contributed by atoms with Crippen LogP contribution in [0.4, 0.5) is 0 Å². The summed E-state index contributed by atoms with van der Waals surface area (Å²) >= 11 is 0. The summed E-state index contributed by atoms with van der Waals surface area (Å²) in [5.74, 6) is -0.364. The second kappa shape index (κ2) is 9.53. The Hall–Kier alpha value is -2.18. The van der Waals surface area contributed by atoms with E-state index >= 15 is 0 Å². The van der Waals surface area contributed by atoms with Crippen molar-refractivity contribution in [3.8, 4) is 0 Å². The molecule has 1 N–H and O–H groups in total. The van der Waals surface area contributed by atoms with Gasteiger partial charge in [0, 0.05) is 13.1 Å². The molecule has 2 unspecified atom stereocenters. The maximum absolute atomic E-state index is 13.1. The molecule has 5 nitrogen and oxygen atoms in total. The summed E-state index contributed by atoms with van der Waals surface area (Å²) < 4.78 is 27.4. The summed E-state index contributed by atoms with van der Waals surface area (Å²) in [4.78, 5) is 13.4. The number of carbonyl (C=O) groups is 1. The van der Waals surface area contributed by atoms with Crippen molar-refractivity contribution in [1.29, 1.82) is 0 Å². The fourth-order valence-electron chi connectivity index (χ4n) is 4.80. The zero-order valence-corrected chi connectivity index (χ0v) is 19.0. The van der Waals surface area contributed by atoms with Crippen LogP contribution in [0.3, 0.4) is 0 Å². The standard InChI is InChI=1S/C25H32N2O3S/c1-2-24(21-15-14-19-9-6-7-10-20(19)17-21)26-25(28)22-11-8-16-27(18-22)31(29,30)23-12-4-3-5-13-23/h3-5,12-15,17,22,24H,2,6-11,16,18H2,1H3,(H,26,28). The number of benzene rings is 2. The predicted molar refractivity (Wildman–Crippen MR) is 122 cm³/mol. The number of nitrogens with zero attached hydrogens (tertiary/aromatic N) is 1. The largest absolute Gasteiger partial charge is 0.349 e. The molecule has 2 aliphatic rings. The number of amides is 1. The SMILES string of the molecule is CCC(NC(=O)C1CCCN(S(=O)(=O)c2ccccc2)C1)c1ccc2c(c1)CCCC2. The highest BCUT2D eigenvalue weighted by Crippen LogP contribution is 2.28. The van der Waals surface area contributed by atoms with E-state index in [0.29, 0.717) is 19.4 Å². The van der Waals surface area contributed by atoms with Gasteiger partial charge in [0.1, 0.15) is 0 Å². The normalized spacial score (nSPS) is 20.6. The van der Waals surface area contributed by atoms with Crippen molar-refractivity contribution in [1.82, 2.24) is 9.62 Å². The monoisotopic (exact) mass is 440 g/mol. The zero-order chi connectivity index (χ0) is 21.8. The Kier molecular flexibility index (Phi) is 6.77. The maximum atomic E-state index is 13.1. The Balaban J connectivity index is 1.45. The molecule has 0 spiro atoms. The highest BCUT2D eigenvalue weighted by molar-refractivity contribution is 7.89. The van der Waals surface area contributed by atoms with Crippen LogP contribution in [0.2, 0.25) is 0 Å². The Morgan fingerprint density at radius 2 is 1.81 bits per heavy atom. The Bertz CT molecular complexity index is 1020. The molecule has 6 heteroatoms. The van der Waals surface area contributed by atoms with Crippen molar-refractivity contribution in [2.75, 3.05) is 13.1 Å². The number of sulfonamides is 1. The van der Waals surface area contributed by atoms with E-state index in [1.807, 2.05) is 0 Å². The number of hydrogen-bond donors (Lipinski definition) is 1. The second-order valence-electron chi connectivity index (χ2n) is 8.72. The zero-order valence-electron chi connectivity index (χ0n) is 18.2. The molecule has 0 bridgehead atoms. The van der Waals surface area contributed by atoms with Gasteiger partial charge in [0.25, 0.3) is 0 Å². The molecule has 1 saturated heterocycles. The third-order valence-corrected chi connectivity index (χ3v) is 8.51. The summed E-state index contributed by atoms with van der Waals surface area (Å²) in [6, 6.07) is 15.1. The van der Waals surface area contributed by atoms with Crippen LogP contribution in [0, 0.1) is 5.92 Å². The minimum Gasteiger partial charge on any atom is -0.349 e. The number of rotatable bonds is 6. The van der Waals surface area contributed by atoms with Gasteiger partial charge in [-0.25, -0.2) is 8.42 Å². The van der Waals surface area contributed by atoms with Crippen molar-refractivity contribution in [2.24, 2.45) is 5.92 Å². The van der Waals surface area contributed by atoms with Gasteiger partial charge in [0.15, 0.2) is 0 Å². The van der Waals surface area contributed by atoms with Crippen LogP contribution in [0.1, 0.15) is 61.8 Å². The van der Waals surface area contributed by atoms with E-state index in [9.17, 15) is 13.2 Å². The first-order valence-corrected chi connectivity index (χ1v) is 12.9. The first-order chi connectivity index (χ1) is 15.0. The van der Waals surface area contributed by atoms with Crippen LogP contribution in [-0.4, -0.2) is 31.7 Å². The number of hydrogen-bond acceptors (Lipinski definition) is 3. The van der Waals surface area contributed by atoms with Gasteiger partial charge in [-0.15, -0.1) is 0 Å². The summed E-state index contributed by atoms with van der Waals surface area (Å²) in [6.45, 7) is 2.78. The molecule has 0 aromatic heterocycles. The molecule has 1 aliphatic heterocycles. The van der Waals surface area contributed by atoms with Crippen LogP contribution < -0.4 is 5.32 Å². The minimum atomic E-state index is -3.57. The van der Waals surface area contributed by atoms with Gasteiger partial charge in [-0.1, -0.05) is 43.3 Å². The molecule has 2 atom stereocenters. The summed E-state index contributed by atoms with van der Waals surface area (Å²) in [7, 11) is -3.57. The Labute approximate surface area is 185 Å². The summed E-state index contributed by atoms with van der Waals surface area (Å²) in [5.41, 5.74) is 4.00. The average molecular weight is 441 g/mol. The van der Waals surface area contributed by atoms with E-state index < -0.39 is 10.0 Å². The minimum absolute atomic E-state index is 0.0409. The first-order valence-electron chi connectivity index (χ1n) is 11.5. The highest BCUT2D eigenvalue weighted by Gasteiger charge is 2.34. The van der Waals surface area contributed by atoms with Crippen molar-refractivity contribution in [3.05, 3.63) is 65.2 Å². The third kappa shape index (κ3) is 4.85. The van der Waals surface area contributed by atoms with E-state index in [-0.39, 0.29) is 29.3 Å². The molecule has 1 aliphatic carbocycles. The Morgan fingerprint density at radius 3 is 2.55 bits per heavy atom. The lowest BCUT2D eigenvalue weighted by Crippen LogP contribution is -2.46. The molecule has 1 fully saturated rings. The van der Waals surface area contributed by atoms with Crippen LogP contribution in [0.15, 0.2) is 53.4 Å². The number of fused-ring (bicyclic) bond motifs is 1. The first kappa shape index (κ1) is 22.0. The highest BCUT2D eigenvalue weighted by atomic mass is 32.2. The lowest BCUT2D eigenvalue weighted by molar-refractivity contribution is -0.126. The van der Waals surface area contributed by atoms with Gasteiger partial charge in [-0.3, -0.25) is 4.79 Å². The van der Waals surface area contributed by atoms with Gasteiger partial charge in [0.05, 0.1) is 16.9 Å². The molecule has 4 rings (SSSR count). The van der Waals surface area contributed by atoms with Crippen LogP contribution in [-0.2, 0) is 27.7 Å². The fourth-order valence-corrected chi connectivity index (χ4v) is 6.34. The molecule has 1 heterocycles. The second-order valence-corrected chi connectivity index (χ2v) is 10.7. The van der Waals surface area contributed by atoms with E-state index in [1.54, 1.807) is 30.3 Å². The van der Waals surface area contributed by atoms with Crippen molar-refractivity contribution < 1.29 is 13.2 Å². The van der Waals surface area contributed by atoms with Crippen LogP contribution in [0.5, 0.6) is 0 Å². The summed E-state index contributed by atoms with van der Waals surface area (Å²) in [5, 5.41) is 3.21. The lowest BCUT2D eigenvalue weighted by atomic mass is 9.88. The molecule has 0 saturated carbocycles. The molecule has 2 aromatic carbocycles. The van der Waals surface area contributed by atoms with Crippen LogP contribution >= 0.6 is 0 Å². The van der Waals surface area contributed by atoms with E-state index in [1.165, 1.54) is 28.3 Å². The quantitative estimate of drug-likeness (QED) is 0.731. The fraction of sp³-hybridized carbons (Fsp3) is 0.480. The van der Waals surface area contributed by atoms with Gasteiger partial charge in [-0.05, 0) is 73.8 Å². The van der Waals surface area contributed by atoms with Crippen molar-refractivity contribution in [3.63, 3.8) is 0 Å². The van der Waals surface area contributed by atoms with Crippen LogP contribution in [0.25, 0.3) is 0 Å². The number of piperidine rings is 1. The van der Waals surface area contributed by atoms with E-state index in [4.69, 9.17) is 0 Å². The molecular formula is C25H32N2O3S. The number of carbonyl (C=O) groups excluding carboxylic acids is 1. The van der Waals surface area contributed by atoms with E-state index in [2.05, 4.69) is 30.4 Å². The van der Waals surface area contributed by atoms with Gasteiger partial charge in [-0.2, -0.15) is 4.31 Å². The summed E-state index contributed by atoms with van der Waals surface area (Å²) in [6.07, 6.45) is 6.96.